The summed E-state index contributed by atoms with van der Waals surface area (Å²) in [6.45, 7) is 7.21. The molecule has 0 saturated heterocycles. The molecule has 3 aliphatic carbocycles. The Morgan fingerprint density at radius 2 is 2.00 bits per heavy atom. The third-order valence-electron chi connectivity index (χ3n) is 5.10. The molecule has 0 aromatic rings. The number of methoxy groups -OCH3 is 1. The van der Waals surface area contributed by atoms with Gasteiger partial charge in [-0.3, -0.25) is 0 Å². The maximum Gasteiger partial charge on any atom is 0.0635 e. The number of fused-ring (bicyclic) bond motifs is 3. The Hall–Kier alpha value is -0.0400. The molecule has 4 unspecified atom stereocenters. The highest BCUT2D eigenvalue weighted by Crippen LogP contribution is 2.58. The third kappa shape index (κ3) is 1.25. The van der Waals surface area contributed by atoms with Crippen LogP contribution in [-0.2, 0) is 4.74 Å². The van der Waals surface area contributed by atoms with Crippen LogP contribution in [0.15, 0.2) is 0 Å². The van der Waals surface area contributed by atoms with Crippen LogP contribution in [0.4, 0.5) is 0 Å². The van der Waals surface area contributed by atoms with Crippen LogP contribution in [0.2, 0.25) is 0 Å². The van der Waals surface area contributed by atoms with E-state index in [1.54, 1.807) is 0 Å². The Balaban J connectivity index is 2.29. The molecule has 0 spiro atoms. The van der Waals surface area contributed by atoms with E-state index >= 15 is 0 Å². The molecule has 0 aromatic carbocycles. The fourth-order valence-electron chi connectivity index (χ4n) is 4.30. The van der Waals surface area contributed by atoms with Crippen LogP contribution in [-0.4, -0.2) is 13.2 Å². The highest BCUT2D eigenvalue weighted by molar-refractivity contribution is 5.03. The zero-order valence-corrected chi connectivity index (χ0v) is 10.0. The lowest BCUT2D eigenvalue weighted by Crippen LogP contribution is -2.54. The summed E-state index contributed by atoms with van der Waals surface area (Å²) in [5.41, 5.74) is 0.490. The lowest BCUT2D eigenvalue weighted by Gasteiger charge is -2.57. The van der Waals surface area contributed by atoms with Gasteiger partial charge in [-0.05, 0) is 43.4 Å². The van der Waals surface area contributed by atoms with E-state index in [0.717, 1.165) is 17.8 Å². The third-order valence-corrected chi connectivity index (χ3v) is 5.10. The van der Waals surface area contributed by atoms with Crippen molar-refractivity contribution in [2.45, 2.75) is 52.6 Å². The number of rotatable bonds is 2. The van der Waals surface area contributed by atoms with E-state index in [4.69, 9.17) is 4.74 Å². The number of ether oxygens (including phenoxy) is 1. The van der Waals surface area contributed by atoms with Crippen LogP contribution in [0.25, 0.3) is 0 Å². The van der Waals surface area contributed by atoms with Crippen LogP contribution < -0.4 is 0 Å². The van der Waals surface area contributed by atoms with E-state index in [9.17, 15) is 0 Å². The quantitative estimate of drug-likeness (QED) is 0.657. The maximum absolute atomic E-state index is 5.76. The predicted molar refractivity (Wildman–Crippen MR) is 59.2 cm³/mol. The molecule has 0 N–H and O–H groups in total. The summed E-state index contributed by atoms with van der Waals surface area (Å²) in [7, 11) is 1.90. The Bertz CT molecular complexity index is 211. The standard InChI is InChI=1S/C13H24O/c1-9(2)13-6-5-11(7-10(13)3)8-12(13)14-4/h9-12H,5-8H2,1-4H3. The molecule has 2 bridgehead atoms. The van der Waals surface area contributed by atoms with Crippen molar-refractivity contribution < 1.29 is 4.74 Å². The molecular formula is C13H24O. The van der Waals surface area contributed by atoms with Gasteiger partial charge in [-0.15, -0.1) is 0 Å². The van der Waals surface area contributed by atoms with Crippen LogP contribution in [0, 0.1) is 23.2 Å². The zero-order chi connectivity index (χ0) is 10.3. The number of hydrogen-bond acceptors (Lipinski definition) is 1. The van der Waals surface area contributed by atoms with E-state index in [2.05, 4.69) is 20.8 Å². The maximum atomic E-state index is 5.76. The summed E-state index contributed by atoms with van der Waals surface area (Å²) in [5, 5.41) is 0. The average molecular weight is 196 g/mol. The predicted octanol–water partition coefficient (Wildman–Crippen LogP) is 3.48. The van der Waals surface area contributed by atoms with Gasteiger partial charge in [-0.25, -0.2) is 0 Å². The summed E-state index contributed by atoms with van der Waals surface area (Å²) in [6, 6.07) is 0. The summed E-state index contributed by atoms with van der Waals surface area (Å²) >= 11 is 0. The zero-order valence-electron chi connectivity index (χ0n) is 10.0. The lowest BCUT2D eigenvalue weighted by molar-refractivity contribution is -0.152. The average Bonchev–Trinajstić information content (AvgIpc) is 2.17. The van der Waals surface area contributed by atoms with Gasteiger partial charge in [0.05, 0.1) is 6.10 Å². The summed E-state index contributed by atoms with van der Waals surface area (Å²) in [6.07, 6.45) is 6.14. The minimum Gasteiger partial charge on any atom is -0.381 e. The van der Waals surface area contributed by atoms with Gasteiger partial charge in [-0.1, -0.05) is 20.8 Å². The van der Waals surface area contributed by atoms with Gasteiger partial charge in [0.1, 0.15) is 0 Å². The molecule has 0 radical (unpaired) electrons. The summed E-state index contributed by atoms with van der Waals surface area (Å²) in [5.74, 6) is 2.58. The normalized spacial score (nSPS) is 47.4. The van der Waals surface area contributed by atoms with E-state index < -0.39 is 0 Å². The fourth-order valence-corrected chi connectivity index (χ4v) is 4.30. The first kappa shape index (κ1) is 10.5. The van der Waals surface area contributed by atoms with E-state index in [0.29, 0.717) is 11.5 Å². The first-order valence-electron chi connectivity index (χ1n) is 6.14. The molecule has 0 aliphatic heterocycles. The minimum absolute atomic E-state index is 0.490. The van der Waals surface area contributed by atoms with Crippen LogP contribution in [0.5, 0.6) is 0 Å². The van der Waals surface area contributed by atoms with Gasteiger partial charge in [0, 0.05) is 12.5 Å². The van der Waals surface area contributed by atoms with Gasteiger partial charge in [0.2, 0.25) is 0 Å². The Morgan fingerprint density at radius 3 is 2.43 bits per heavy atom. The van der Waals surface area contributed by atoms with Crippen molar-refractivity contribution >= 4 is 0 Å². The molecule has 4 atom stereocenters. The van der Waals surface area contributed by atoms with Crippen LogP contribution in [0.3, 0.4) is 0 Å². The van der Waals surface area contributed by atoms with Crippen LogP contribution in [0.1, 0.15) is 46.5 Å². The largest absolute Gasteiger partial charge is 0.381 e. The monoisotopic (exact) mass is 196 g/mol. The van der Waals surface area contributed by atoms with Gasteiger partial charge in [0.25, 0.3) is 0 Å². The van der Waals surface area contributed by atoms with E-state index in [1.807, 2.05) is 7.11 Å². The molecule has 1 heteroatoms. The molecule has 3 aliphatic rings. The topological polar surface area (TPSA) is 9.23 Å². The second kappa shape index (κ2) is 3.52. The van der Waals surface area contributed by atoms with Crippen molar-refractivity contribution in [1.82, 2.24) is 0 Å². The molecule has 82 valence electrons. The number of hydrogen-bond donors (Lipinski definition) is 0. The van der Waals surface area contributed by atoms with Gasteiger partial charge >= 0.3 is 0 Å². The molecule has 3 rings (SSSR count). The highest BCUT2D eigenvalue weighted by atomic mass is 16.5. The molecule has 0 aromatic heterocycles. The minimum atomic E-state index is 0.490. The van der Waals surface area contributed by atoms with Gasteiger partial charge in [-0.2, -0.15) is 0 Å². The molecule has 3 saturated carbocycles. The van der Waals surface area contributed by atoms with Gasteiger partial charge in [0.15, 0.2) is 0 Å². The van der Waals surface area contributed by atoms with Crippen molar-refractivity contribution in [3.05, 3.63) is 0 Å². The lowest BCUT2D eigenvalue weighted by atomic mass is 9.50. The first-order valence-corrected chi connectivity index (χ1v) is 6.14. The van der Waals surface area contributed by atoms with Crippen molar-refractivity contribution in [2.75, 3.05) is 7.11 Å². The first-order chi connectivity index (χ1) is 6.61. The van der Waals surface area contributed by atoms with E-state index in [1.165, 1.54) is 25.7 Å². The SMILES string of the molecule is COC1CC2CCC1(C(C)C)C(C)C2. The van der Waals surface area contributed by atoms with Crippen molar-refractivity contribution in [3.8, 4) is 0 Å². The van der Waals surface area contributed by atoms with E-state index in [-0.39, 0.29) is 0 Å². The summed E-state index contributed by atoms with van der Waals surface area (Å²) < 4.78 is 5.76. The molecule has 0 amide bonds. The second-order valence-electron chi connectivity index (χ2n) is 5.77. The summed E-state index contributed by atoms with van der Waals surface area (Å²) in [4.78, 5) is 0. The second-order valence-corrected chi connectivity index (χ2v) is 5.77. The molecule has 1 nitrogen and oxygen atoms in total. The molecule has 14 heavy (non-hydrogen) atoms. The van der Waals surface area contributed by atoms with Crippen molar-refractivity contribution in [2.24, 2.45) is 23.2 Å². The van der Waals surface area contributed by atoms with Crippen LogP contribution >= 0.6 is 0 Å². The molecule has 0 heterocycles. The molecule has 3 fully saturated rings. The Kier molecular flexibility index (Phi) is 2.63. The smallest absolute Gasteiger partial charge is 0.0635 e. The van der Waals surface area contributed by atoms with Crippen molar-refractivity contribution in [1.29, 1.82) is 0 Å². The van der Waals surface area contributed by atoms with Gasteiger partial charge < -0.3 is 4.74 Å². The Labute approximate surface area is 88.2 Å². The fraction of sp³-hybridized carbons (Fsp3) is 1.00. The van der Waals surface area contributed by atoms with Crippen molar-refractivity contribution in [3.63, 3.8) is 0 Å². The molecular weight excluding hydrogens is 172 g/mol. The Morgan fingerprint density at radius 1 is 1.29 bits per heavy atom. The highest BCUT2D eigenvalue weighted by Gasteiger charge is 2.53.